The molecule has 1 amide bonds. The van der Waals surface area contributed by atoms with Crippen molar-refractivity contribution in [1.82, 2.24) is 20.0 Å². The summed E-state index contributed by atoms with van der Waals surface area (Å²) in [5.74, 6) is 1.07. The molecule has 0 aliphatic carbocycles. The standard InChI is InChI=1S/C18H24N4O3S/c1-12(26-14-9-5-6-10-19-14)16-20-15(21-25-16)13-8-7-11-22(13)17(23)24-18(2,3)4/h5-6,9-10,12-13H,7-8,11H2,1-4H3/t12-,13-/m0/s1. The van der Waals surface area contributed by atoms with E-state index in [1.54, 1.807) is 22.9 Å². The molecule has 1 aliphatic rings. The van der Waals surface area contributed by atoms with Gasteiger partial charge in [-0.05, 0) is 52.7 Å². The Morgan fingerprint density at radius 1 is 1.42 bits per heavy atom. The fraction of sp³-hybridized carbons (Fsp3) is 0.556. The summed E-state index contributed by atoms with van der Waals surface area (Å²) in [4.78, 5) is 23.0. The second-order valence-electron chi connectivity index (χ2n) is 7.25. The quantitative estimate of drug-likeness (QED) is 0.732. The van der Waals surface area contributed by atoms with Crippen LogP contribution in [0.5, 0.6) is 0 Å². The van der Waals surface area contributed by atoms with Gasteiger partial charge in [0.1, 0.15) is 5.60 Å². The lowest BCUT2D eigenvalue weighted by atomic mass is 10.2. The summed E-state index contributed by atoms with van der Waals surface area (Å²) in [6.45, 7) is 8.22. The van der Waals surface area contributed by atoms with Crippen LogP contribution >= 0.6 is 11.8 Å². The Kier molecular flexibility index (Phi) is 5.50. The molecular weight excluding hydrogens is 352 g/mol. The van der Waals surface area contributed by atoms with E-state index >= 15 is 0 Å². The lowest BCUT2D eigenvalue weighted by Crippen LogP contribution is -2.36. The Labute approximate surface area is 157 Å². The monoisotopic (exact) mass is 376 g/mol. The normalized spacial score (nSPS) is 18.8. The van der Waals surface area contributed by atoms with Gasteiger partial charge < -0.3 is 9.26 Å². The number of nitrogens with zero attached hydrogens (tertiary/aromatic N) is 4. The molecule has 0 radical (unpaired) electrons. The molecule has 0 saturated carbocycles. The Morgan fingerprint density at radius 3 is 2.92 bits per heavy atom. The zero-order chi connectivity index (χ0) is 18.7. The molecule has 0 N–H and O–H groups in total. The van der Waals surface area contributed by atoms with E-state index in [1.165, 1.54) is 0 Å². The first kappa shape index (κ1) is 18.7. The maximum atomic E-state index is 12.4. The third kappa shape index (κ3) is 4.55. The number of likely N-dealkylation sites (tertiary alicyclic amines) is 1. The third-order valence-corrected chi connectivity index (χ3v) is 4.96. The minimum absolute atomic E-state index is 0.0254. The summed E-state index contributed by atoms with van der Waals surface area (Å²) in [5, 5.41) is 4.99. The van der Waals surface area contributed by atoms with Gasteiger partial charge in [0, 0.05) is 12.7 Å². The molecule has 8 heteroatoms. The number of amides is 1. The van der Waals surface area contributed by atoms with Gasteiger partial charge >= 0.3 is 6.09 Å². The van der Waals surface area contributed by atoms with E-state index in [-0.39, 0.29) is 17.4 Å². The summed E-state index contributed by atoms with van der Waals surface area (Å²) < 4.78 is 10.9. The molecule has 3 heterocycles. The van der Waals surface area contributed by atoms with Gasteiger partial charge in [-0.15, -0.1) is 0 Å². The highest BCUT2D eigenvalue weighted by Crippen LogP contribution is 2.35. The lowest BCUT2D eigenvalue weighted by Gasteiger charge is -2.27. The fourth-order valence-corrected chi connectivity index (χ4v) is 3.61. The number of hydrogen-bond donors (Lipinski definition) is 0. The van der Waals surface area contributed by atoms with Crippen LogP contribution in [0, 0.1) is 0 Å². The molecule has 1 aliphatic heterocycles. The van der Waals surface area contributed by atoms with Crippen molar-refractivity contribution in [3.05, 3.63) is 36.1 Å². The van der Waals surface area contributed by atoms with Gasteiger partial charge in [-0.25, -0.2) is 9.78 Å². The molecule has 2 atom stereocenters. The van der Waals surface area contributed by atoms with Gasteiger partial charge in [0.15, 0.2) is 5.82 Å². The van der Waals surface area contributed by atoms with E-state index < -0.39 is 5.60 Å². The molecule has 140 valence electrons. The molecule has 3 rings (SSSR count). The summed E-state index contributed by atoms with van der Waals surface area (Å²) in [6, 6.07) is 5.57. The van der Waals surface area contributed by atoms with Gasteiger partial charge in [-0.3, -0.25) is 4.90 Å². The number of hydrogen-bond acceptors (Lipinski definition) is 7. The van der Waals surface area contributed by atoms with Gasteiger partial charge in [-0.2, -0.15) is 4.98 Å². The Bertz CT molecular complexity index is 744. The first-order valence-corrected chi connectivity index (χ1v) is 9.62. The number of carbonyl (C=O) groups is 1. The first-order valence-electron chi connectivity index (χ1n) is 8.74. The van der Waals surface area contributed by atoms with Crippen molar-refractivity contribution in [3.8, 4) is 0 Å². The highest BCUT2D eigenvalue weighted by atomic mass is 32.2. The molecule has 0 bridgehead atoms. The second-order valence-corrected chi connectivity index (χ2v) is 8.61. The predicted octanol–water partition coefficient (Wildman–Crippen LogP) is 4.39. The van der Waals surface area contributed by atoms with Gasteiger partial charge in [-0.1, -0.05) is 23.0 Å². The van der Waals surface area contributed by atoms with E-state index in [1.807, 2.05) is 45.9 Å². The maximum Gasteiger partial charge on any atom is 0.410 e. The molecule has 2 aromatic rings. The van der Waals surface area contributed by atoms with Crippen molar-refractivity contribution < 1.29 is 14.1 Å². The minimum atomic E-state index is -0.527. The predicted molar refractivity (Wildman–Crippen MR) is 97.7 cm³/mol. The van der Waals surface area contributed by atoms with E-state index in [0.29, 0.717) is 18.3 Å². The molecule has 1 saturated heterocycles. The molecule has 2 aromatic heterocycles. The average molecular weight is 376 g/mol. The van der Waals surface area contributed by atoms with Crippen molar-refractivity contribution in [1.29, 1.82) is 0 Å². The Morgan fingerprint density at radius 2 is 2.23 bits per heavy atom. The number of carbonyl (C=O) groups excluding carboxylic acids is 1. The summed E-state index contributed by atoms with van der Waals surface area (Å²) in [7, 11) is 0. The second kappa shape index (κ2) is 7.65. The summed E-state index contributed by atoms with van der Waals surface area (Å²) in [5.41, 5.74) is -0.527. The third-order valence-electron chi connectivity index (χ3n) is 3.92. The van der Waals surface area contributed by atoms with Crippen LogP contribution in [0.25, 0.3) is 0 Å². The van der Waals surface area contributed by atoms with E-state index in [0.717, 1.165) is 17.9 Å². The largest absolute Gasteiger partial charge is 0.444 e. The number of pyridine rings is 1. The smallest absolute Gasteiger partial charge is 0.410 e. The first-order chi connectivity index (χ1) is 12.3. The number of aromatic nitrogens is 3. The van der Waals surface area contributed by atoms with E-state index in [4.69, 9.17) is 9.26 Å². The number of thioether (sulfide) groups is 1. The topological polar surface area (TPSA) is 81.4 Å². The zero-order valence-corrected chi connectivity index (χ0v) is 16.3. The number of ether oxygens (including phenoxy) is 1. The van der Waals surface area contributed by atoms with Crippen LogP contribution in [0.2, 0.25) is 0 Å². The van der Waals surface area contributed by atoms with E-state index in [2.05, 4.69) is 15.1 Å². The van der Waals surface area contributed by atoms with Crippen LogP contribution in [-0.2, 0) is 4.74 Å². The van der Waals surface area contributed by atoms with Crippen LogP contribution < -0.4 is 0 Å². The van der Waals surface area contributed by atoms with Crippen molar-refractivity contribution in [2.75, 3.05) is 6.54 Å². The summed E-state index contributed by atoms with van der Waals surface area (Å²) in [6.07, 6.45) is 3.12. The Balaban J connectivity index is 1.69. The zero-order valence-electron chi connectivity index (χ0n) is 15.5. The molecule has 0 spiro atoms. The Hall–Kier alpha value is -2.09. The molecule has 7 nitrogen and oxygen atoms in total. The summed E-state index contributed by atoms with van der Waals surface area (Å²) >= 11 is 1.55. The highest BCUT2D eigenvalue weighted by Gasteiger charge is 2.36. The van der Waals surface area contributed by atoms with Crippen molar-refractivity contribution in [3.63, 3.8) is 0 Å². The van der Waals surface area contributed by atoms with Gasteiger partial charge in [0.05, 0.1) is 16.3 Å². The van der Waals surface area contributed by atoms with Crippen LogP contribution in [0.15, 0.2) is 33.9 Å². The highest BCUT2D eigenvalue weighted by molar-refractivity contribution is 7.99. The van der Waals surface area contributed by atoms with Gasteiger partial charge in [0.2, 0.25) is 5.89 Å². The average Bonchev–Trinajstić information content (AvgIpc) is 3.23. The number of rotatable bonds is 4. The van der Waals surface area contributed by atoms with Crippen molar-refractivity contribution in [2.45, 2.75) is 62.5 Å². The van der Waals surface area contributed by atoms with Crippen LogP contribution in [0.3, 0.4) is 0 Å². The molecule has 1 fully saturated rings. The minimum Gasteiger partial charge on any atom is -0.444 e. The van der Waals surface area contributed by atoms with Crippen LogP contribution in [0.1, 0.15) is 63.5 Å². The molecule has 26 heavy (non-hydrogen) atoms. The fourth-order valence-electron chi connectivity index (χ4n) is 2.77. The van der Waals surface area contributed by atoms with Crippen molar-refractivity contribution in [2.24, 2.45) is 0 Å². The molecule has 0 aromatic carbocycles. The van der Waals surface area contributed by atoms with Gasteiger partial charge in [0.25, 0.3) is 0 Å². The van der Waals surface area contributed by atoms with Crippen molar-refractivity contribution >= 4 is 17.9 Å². The molecular formula is C18H24N4O3S. The lowest BCUT2D eigenvalue weighted by molar-refractivity contribution is 0.0217. The maximum absolute atomic E-state index is 12.4. The SMILES string of the molecule is C[C@H](Sc1ccccn1)c1nc([C@@H]2CCCN2C(=O)OC(C)(C)C)no1. The van der Waals surface area contributed by atoms with E-state index in [9.17, 15) is 4.79 Å². The molecule has 0 unspecified atom stereocenters. The van der Waals surface area contributed by atoms with Crippen LogP contribution in [-0.4, -0.2) is 38.3 Å². The van der Waals surface area contributed by atoms with Crippen LogP contribution in [0.4, 0.5) is 4.79 Å².